The van der Waals surface area contributed by atoms with E-state index >= 15 is 0 Å². The molecular formula is C14H18Cl3N3O. The summed E-state index contributed by atoms with van der Waals surface area (Å²) in [5.41, 5.74) is 1.89. The van der Waals surface area contributed by atoms with Gasteiger partial charge in [-0.15, -0.1) is 24.8 Å². The van der Waals surface area contributed by atoms with Crippen LogP contribution < -0.4 is 5.32 Å². The molecule has 2 heterocycles. The van der Waals surface area contributed by atoms with Gasteiger partial charge in [-0.05, 0) is 18.2 Å². The Hall–Kier alpha value is -0.780. The molecule has 0 bridgehead atoms. The van der Waals surface area contributed by atoms with Crippen molar-refractivity contribution in [3.05, 3.63) is 41.2 Å². The fraction of sp³-hybridized carbons (Fsp3) is 0.357. The Labute approximate surface area is 141 Å². The summed E-state index contributed by atoms with van der Waals surface area (Å²) in [7, 11) is 0. The highest BCUT2D eigenvalue weighted by atomic mass is 35.5. The highest BCUT2D eigenvalue weighted by molar-refractivity contribution is 6.30. The Morgan fingerprint density at radius 3 is 2.71 bits per heavy atom. The normalized spacial score (nSPS) is 15.1. The zero-order chi connectivity index (χ0) is 13.1. The van der Waals surface area contributed by atoms with Crippen molar-refractivity contribution >= 4 is 36.4 Å². The first-order chi connectivity index (χ1) is 9.31. The number of nitrogens with one attached hydrogen (secondary N) is 1. The lowest BCUT2D eigenvalue weighted by Gasteiger charge is -2.25. The third kappa shape index (κ3) is 4.87. The van der Waals surface area contributed by atoms with Crippen LogP contribution in [0, 0.1) is 0 Å². The lowest BCUT2D eigenvalue weighted by atomic mass is 10.2. The van der Waals surface area contributed by atoms with Crippen LogP contribution in [0.1, 0.15) is 5.69 Å². The molecule has 2 aromatic rings. The Kier molecular flexibility index (Phi) is 7.49. The summed E-state index contributed by atoms with van der Waals surface area (Å²) in [6.45, 7) is 5.03. The van der Waals surface area contributed by atoms with E-state index in [1.54, 1.807) is 6.26 Å². The van der Waals surface area contributed by atoms with Crippen molar-refractivity contribution in [1.29, 1.82) is 0 Å². The molecule has 1 aliphatic rings. The van der Waals surface area contributed by atoms with Crippen LogP contribution in [0.5, 0.6) is 0 Å². The van der Waals surface area contributed by atoms with Gasteiger partial charge < -0.3 is 9.73 Å². The number of hydrogen-bond donors (Lipinski definition) is 1. The Bertz CT molecular complexity index is 556. The minimum atomic E-state index is 0. The molecular weight excluding hydrogens is 333 g/mol. The van der Waals surface area contributed by atoms with Crippen molar-refractivity contribution in [2.24, 2.45) is 0 Å². The van der Waals surface area contributed by atoms with Crippen LogP contribution in [0.25, 0.3) is 11.5 Å². The van der Waals surface area contributed by atoms with Crippen LogP contribution in [0.2, 0.25) is 5.02 Å². The molecule has 7 heteroatoms. The highest BCUT2D eigenvalue weighted by Gasteiger charge is 2.13. The summed E-state index contributed by atoms with van der Waals surface area (Å²) < 4.78 is 5.54. The lowest BCUT2D eigenvalue weighted by molar-refractivity contribution is 0.230. The third-order valence-corrected chi connectivity index (χ3v) is 3.45. The van der Waals surface area contributed by atoms with Gasteiger partial charge in [-0.3, -0.25) is 4.90 Å². The van der Waals surface area contributed by atoms with Crippen LogP contribution >= 0.6 is 36.4 Å². The number of aromatic nitrogens is 1. The van der Waals surface area contributed by atoms with E-state index in [2.05, 4.69) is 15.2 Å². The van der Waals surface area contributed by atoms with E-state index in [4.69, 9.17) is 16.0 Å². The van der Waals surface area contributed by atoms with Gasteiger partial charge in [-0.1, -0.05) is 17.7 Å². The molecule has 1 saturated heterocycles. The first-order valence-electron chi connectivity index (χ1n) is 6.45. The van der Waals surface area contributed by atoms with Crippen molar-refractivity contribution in [2.75, 3.05) is 26.2 Å². The number of halogens is 3. The second kappa shape index (κ2) is 8.61. The molecule has 3 rings (SSSR count). The van der Waals surface area contributed by atoms with Gasteiger partial charge in [-0.25, -0.2) is 4.98 Å². The second-order valence-electron chi connectivity index (χ2n) is 4.68. The van der Waals surface area contributed by atoms with Gasteiger partial charge in [0, 0.05) is 43.3 Å². The van der Waals surface area contributed by atoms with Crippen LogP contribution in [0.15, 0.2) is 34.9 Å². The van der Waals surface area contributed by atoms with E-state index in [0.717, 1.165) is 44.0 Å². The number of nitrogens with zero attached hydrogens (tertiary/aromatic N) is 2. The summed E-state index contributed by atoms with van der Waals surface area (Å²) in [5.74, 6) is 0.632. The fourth-order valence-electron chi connectivity index (χ4n) is 2.23. The van der Waals surface area contributed by atoms with Gasteiger partial charge in [-0.2, -0.15) is 0 Å². The molecule has 1 N–H and O–H groups in total. The minimum absolute atomic E-state index is 0. The molecule has 1 fully saturated rings. The van der Waals surface area contributed by atoms with E-state index in [1.165, 1.54) is 0 Å². The molecule has 0 radical (unpaired) electrons. The maximum atomic E-state index is 5.97. The van der Waals surface area contributed by atoms with Gasteiger partial charge in [0.15, 0.2) is 0 Å². The van der Waals surface area contributed by atoms with E-state index in [1.807, 2.05) is 24.3 Å². The van der Waals surface area contributed by atoms with Crippen LogP contribution in [-0.4, -0.2) is 36.1 Å². The Balaban J connectivity index is 0.00000110. The molecule has 0 unspecified atom stereocenters. The van der Waals surface area contributed by atoms with Crippen molar-refractivity contribution in [3.8, 4) is 11.5 Å². The van der Waals surface area contributed by atoms with E-state index in [-0.39, 0.29) is 24.8 Å². The predicted molar refractivity (Wildman–Crippen MR) is 89.6 cm³/mol. The van der Waals surface area contributed by atoms with Crippen LogP contribution in [0.4, 0.5) is 0 Å². The summed E-state index contributed by atoms with van der Waals surface area (Å²) >= 11 is 5.97. The first-order valence-corrected chi connectivity index (χ1v) is 6.82. The number of benzene rings is 1. The van der Waals surface area contributed by atoms with E-state index in [9.17, 15) is 0 Å². The van der Waals surface area contributed by atoms with E-state index < -0.39 is 0 Å². The van der Waals surface area contributed by atoms with E-state index in [0.29, 0.717) is 10.9 Å². The molecule has 0 spiro atoms. The number of oxazole rings is 1. The van der Waals surface area contributed by atoms with Crippen LogP contribution in [0.3, 0.4) is 0 Å². The van der Waals surface area contributed by atoms with Gasteiger partial charge in [0.2, 0.25) is 5.89 Å². The number of hydrogen-bond acceptors (Lipinski definition) is 4. The van der Waals surface area contributed by atoms with Crippen molar-refractivity contribution in [1.82, 2.24) is 15.2 Å². The molecule has 1 aromatic carbocycles. The van der Waals surface area contributed by atoms with Gasteiger partial charge in [0.1, 0.15) is 6.26 Å². The SMILES string of the molecule is Cl.Cl.Clc1cccc(-c2nc(CN3CCNCC3)co2)c1. The number of piperazine rings is 1. The minimum Gasteiger partial charge on any atom is -0.444 e. The molecule has 0 amide bonds. The van der Waals surface area contributed by atoms with Gasteiger partial charge >= 0.3 is 0 Å². The lowest BCUT2D eigenvalue weighted by Crippen LogP contribution is -2.42. The summed E-state index contributed by atoms with van der Waals surface area (Å²) in [5, 5.41) is 4.03. The summed E-state index contributed by atoms with van der Waals surface area (Å²) in [4.78, 5) is 6.90. The molecule has 1 aliphatic heterocycles. The topological polar surface area (TPSA) is 41.3 Å². The standard InChI is InChI=1S/C14H16ClN3O.2ClH/c15-12-3-1-2-11(8-12)14-17-13(10-19-14)9-18-6-4-16-5-7-18;;/h1-3,8,10,16H,4-7,9H2;2*1H. The van der Waals surface area contributed by atoms with Gasteiger partial charge in [0.25, 0.3) is 0 Å². The summed E-state index contributed by atoms with van der Waals surface area (Å²) in [6.07, 6.45) is 1.73. The molecule has 116 valence electrons. The zero-order valence-electron chi connectivity index (χ0n) is 11.4. The van der Waals surface area contributed by atoms with Crippen LogP contribution in [-0.2, 0) is 6.54 Å². The fourth-order valence-corrected chi connectivity index (χ4v) is 2.42. The molecule has 21 heavy (non-hydrogen) atoms. The molecule has 0 aliphatic carbocycles. The maximum Gasteiger partial charge on any atom is 0.226 e. The Morgan fingerprint density at radius 1 is 1.24 bits per heavy atom. The molecule has 0 saturated carbocycles. The Morgan fingerprint density at radius 2 is 2.00 bits per heavy atom. The average Bonchev–Trinajstić information content (AvgIpc) is 2.88. The number of rotatable bonds is 3. The summed E-state index contributed by atoms with van der Waals surface area (Å²) in [6, 6.07) is 7.56. The average molecular weight is 351 g/mol. The van der Waals surface area contributed by atoms with Gasteiger partial charge in [0.05, 0.1) is 5.69 Å². The molecule has 0 atom stereocenters. The molecule has 1 aromatic heterocycles. The maximum absolute atomic E-state index is 5.97. The monoisotopic (exact) mass is 349 g/mol. The third-order valence-electron chi connectivity index (χ3n) is 3.22. The molecule has 4 nitrogen and oxygen atoms in total. The van der Waals surface area contributed by atoms with Crippen molar-refractivity contribution in [2.45, 2.75) is 6.54 Å². The predicted octanol–water partition coefficient (Wildman–Crippen LogP) is 3.24. The highest BCUT2D eigenvalue weighted by Crippen LogP contribution is 2.22. The first kappa shape index (κ1) is 18.3. The zero-order valence-corrected chi connectivity index (χ0v) is 13.8. The quantitative estimate of drug-likeness (QED) is 0.922. The van der Waals surface area contributed by atoms with Crippen molar-refractivity contribution in [3.63, 3.8) is 0 Å². The second-order valence-corrected chi connectivity index (χ2v) is 5.12. The largest absolute Gasteiger partial charge is 0.444 e. The smallest absolute Gasteiger partial charge is 0.226 e. The van der Waals surface area contributed by atoms with Crippen molar-refractivity contribution < 1.29 is 4.42 Å².